The Morgan fingerprint density at radius 3 is 2.59 bits per heavy atom. The van der Waals surface area contributed by atoms with Crippen molar-refractivity contribution in [2.75, 3.05) is 12.0 Å². The van der Waals surface area contributed by atoms with Gasteiger partial charge in [-0.15, -0.1) is 0 Å². The Bertz CT molecular complexity index is 947. The van der Waals surface area contributed by atoms with Crippen molar-refractivity contribution in [3.8, 4) is 0 Å². The lowest BCUT2D eigenvalue weighted by atomic mass is 9.94. The third-order valence-electron chi connectivity index (χ3n) is 5.04. The Morgan fingerprint density at radius 1 is 1.22 bits per heavy atom. The maximum Gasteiger partial charge on any atom is 0.209 e. The van der Waals surface area contributed by atoms with Crippen molar-refractivity contribution in [3.05, 3.63) is 17.1 Å². The highest BCUT2D eigenvalue weighted by Crippen LogP contribution is 2.32. The summed E-state index contributed by atoms with van der Waals surface area (Å²) >= 11 is 0. The molecule has 0 radical (unpaired) electrons. The van der Waals surface area contributed by atoms with Crippen LogP contribution in [-0.2, 0) is 35.8 Å². The second-order valence-corrected chi connectivity index (χ2v) is 10.1. The number of imidazole rings is 1. The fourth-order valence-electron chi connectivity index (χ4n) is 4.08. The molecule has 0 fully saturated rings. The maximum absolute atomic E-state index is 11.8. The Morgan fingerprint density at radius 2 is 1.93 bits per heavy atom. The van der Waals surface area contributed by atoms with Crippen molar-refractivity contribution in [3.63, 3.8) is 0 Å². The molecular weight excluding hydrogens is 362 g/mol. The summed E-state index contributed by atoms with van der Waals surface area (Å²) in [6.45, 7) is 6.46. The molecule has 2 heterocycles. The van der Waals surface area contributed by atoms with E-state index in [-0.39, 0.29) is 0 Å². The molecule has 0 amide bonds. The zero-order valence-corrected chi connectivity index (χ0v) is 17.6. The predicted octanol–water partition coefficient (Wildman–Crippen LogP) is 2.56. The van der Waals surface area contributed by atoms with Crippen LogP contribution in [0, 0.1) is 0 Å². The van der Waals surface area contributed by atoms with Crippen LogP contribution in [-0.4, -0.2) is 34.7 Å². The number of hydrogen-bond donors (Lipinski definition) is 2. The highest BCUT2D eigenvalue weighted by molar-refractivity contribution is 7.88. The van der Waals surface area contributed by atoms with E-state index in [1.165, 1.54) is 11.8 Å². The van der Waals surface area contributed by atoms with Gasteiger partial charge < -0.3 is 10.3 Å². The highest BCUT2D eigenvalue weighted by Gasteiger charge is 2.28. The number of sulfonamides is 1. The number of anilines is 1. The molecule has 0 saturated heterocycles. The first kappa shape index (κ1) is 20.1. The summed E-state index contributed by atoms with van der Waals surface area (Å²) in [4.78, 5) is 9.46. The standard InChI is InChI=1S/C19H31N5O2S/c1-5-6-11-15-22-16-17(13-9-7-8-10-14(13)21-18(16)20)24(15)12-19(2,3)23-27(4,25)26/h23H,5-12H2,1-4H3,(H2,20,21). The van der Waals surface area contributed by atoms with E-state index in [0.29, 0.717) is 12.4 Å². The molecule has 0 spiro atoms. The molecule has 1 aliphatic rings. The molecule has 27 heavy (non-hydrogen) atoms. The molecule has 0 unspecified atom stereocenters. The Kier molecular flexibility index (Phi) is 5.49. The number of nitrogens with one attached hydrogen (secondary N) is 1. The van der Waals surface area contributed by atoms with Gasteiger partial charge in [-0.3, -0.25) is 0 Å². The van der Waals surface area contributed by atoms with Crippen LogP contribution < -0.4 is 10.5 Å². The van der Waals surface area contributed by atoms with Crippen LogP contribution in [0.25, 0.3) is 11.0 Å². The van der Waals surface area contributed by atoms with Gasteiger partial charge in [-0.05, 0) is 51.5 Å². The Labute approximate surface area is 161 Å². The van der Waals surface area contributed by atoms with Gasteiger partial charge in [0, 0.05) is 24.2 Å². The summed E-state index contributed by atoms with van der Waals surface area (Å²) < 4.78 is 28.6. The van der Waals surface area contributed by atoms with Gasteiger partial charge in [-0.25, -0.2) is 23.1 Å². The minimum absolute atomic E-state index is 0.482. The zero-order chi connectivity index (χ0) is 19.8. The number of nitrogen functional groups attached to an aromatic ring is 1. The lowest BCUT2D eigenvalue weighted by molar-refractivity contribution is 0.388. The van der Waals surface area contributed by atoms with Gasteiger partial charge in [0.15, 0.2) is 5.82 Å². The maximum atomic E-state index is 11.8. The molecule has 0 atom stereocenters. The monoisotopic (exact) mass is 393 g/mol. The molecule has 150 valence electrons. The molecule has 2 aromatic rings. The van der Waals surface area contributed by atoms with E-state index >= 15 is 0 Å². The van der Waals surface area contributed by atoms with Crippen molar-refractivity contribution >= 4 is 26.9 Å². The summed E-state index contributed by atoms with van der Waals surface area (Å²) in [7, 11) is -3.31. The predicted molar refractivity (Wildman–Crippen MR) is 109 cm³/mol. The number of nitrogens with two attached hydrogens (primary N) is 1. The van der Waals surface area contributed by atoms with Crippen molar-refractivity contribution < 1.29 is 8.42 Å². The molecular formula is C19H31N5O2S. The van der Waals surface area contributed by atoms with E-state index in [2.05, 4.69) is 21.2 Å². The SMILES string of the molecule is CCCCc1nc2c(N)nc3c(c2n1CC(C)(C)NS(C)(=O)=O)CCCC3. The van der Waals surface area contributed by atoms with Crippen LogP contribution in [0.4, 0.5) is 5.82 Å². The fourth-order valence-corrected chi connectivity index (χ4v) is 5.14. The summed E-state index contributed by atoms with van der Waals surface area (Å²) in [5.41, 5.74) is 9.73. The number of rotatable bonds is 7. The Hall–Kier alpha value is -1.67. The molecule has 3 rings (SSSR count). The van der Waals surface area contributed by atoms with E-state index in [9.17, 15) is 8.42 Å². The van der Waals surface area contributed by atoms with Crippen LogP contribution in [0.1, 0.15) is 63.5 Å². The van der Waals surface area contributed by atoms with Crippen LogP contribution in [0.3, 0.4) is 0 Å². The second-order valence-electron chi connectivity index (χ2n) is 8.30. The molecule has 1 aliphatic carbocycles. The molecule has 0 aliphatic heterocycles. The number of aryl methyl sites for hydroxylation is 3. The lowest BCUT2D eigenvalue weighted by Gasteiger charge is -2.28. The molecule has 0 saturated carbocycles. The van der Waals surface area contributed by atoms with Crippen molar-refractivity contribution in [1.29, 1.82) is 0 Å². The third-order valence-corrected chi connectivity index (χ3v) is 5.96. The van der Waals surface area contributed by atoms with Crippen molar-refractivity contribution in [2.45, 2.75) is 77.8 Å². The summed E-state index contributed by atoms with van der Waals surface area (Å²) in [5, 5.41) is 0. The lowest BCUT2D eigenvalue weighted by Crippen LogP contribution is -2.46. The van der Waals surface area contributed by atoms with Gasteiger partial charge in [0.1, 0.15) is 11.3 Å². The normalized spacial score (nSPS) is 15.3. The van der Waals surface area contributed by atoms with Gasteiger partial charge in [-0.2, -0.15) is 0 Å². The number of aromatic nitrogens is 3. The average Bonchev–Trinajstić information content (AvgIpc) is 2.89. The van der Waals surface area contributed by atoms with E-state index < -0.39 is 15.6 Å². The summed E-state index contributed by atoms with van der Waals surface area (Å²) in [6.07, 6.45) is 8.31. The topological polar surface area (TPSA) is 103 Å². The fraction of sp³-hybridized carbons (Fsp3) is 0.684. The van der Waals surface area contributed by atoms with Crippen LogP contribution in [0.15, 0.2) is 0 Å². The van der Waals surface area contributed by atoms with Gasteiger partial charge in [0.2, 0.25) is 10.0 Å². The van der Waals surface area contributed by atoms with E-state index in [1.807, 2.05) is 13.8 Å². The quantitative estimate of drug-likeness (QED) is 0.752. The van der Waals surface area contributed by atoms with Gasteiger partial charge >= 0.3 is 0 Å². The number of fused-ring (bicyclic) bond motifs is 3. The third kappa shape index (κ3) is 4.43. The Balaban J connectivity index is 2.16. The van der Waals surface area contributed by atoms with E-state index in [0.717, 1.165) is 67.5 Å². The van der Waals surface area contributed by atoms with Crippen molar-refractivity contribution in [2.24, 2.45) is 0 Å². The van der Waals surface area contributed by atoms with Gasteiger partial charge in [0.05, 0.1) is 11.8 Å². The number of hydrogen-bond acceptors (Lipinski definition) is 5. The van der Waals surface area contributed by atoms with Crippen molar-refractivity contribution in [1.82, 2.24) is 19.3 Å². The average molecular weight is 394 g/mol. The largest absolute Gasteiger partial charge is 0.382 e. The number of nitrogens with zero attached hydrogens (tertiary/aromatic N) is 3. The first-order chi connectivity index (χ1) is 12.6. The minimum Gasteiger partial charge on any atom is -0.382 e. The van der Waals surface area contributed by atoms with Gasteiger partial charge in [0.25, 0.3) is 0 Å². The first-order valence-corrected chi connectivity index (χ1v) is 11.7. The molecule has 2 aromatic heterocycles. The van der Waals surface area contributed by atoms with Gasteiger partial charge in [-0.1, -0.05) is 13.3 Å². The van der Waals surface area contributed by atoms with E-state index in [4.69, 9.17) is 10.7 Å². The minimum atomic E-state index is -3.31. The molecule has 8 heteroatoms. The number of unbranched alkanes of at least 4 members (excludes halogenated alkanes) is 1. The summed E-state index contributed by atoms with van der Waals surface area (Å²) in [5.74, 6) is 1.44. The van der Waals surface area contributed by atoms with E-state index in [1.54, 1.807) is 0 Å². The first-order valence-electron chi connectivity index (χ1n) is 9.76. The zero-order valence-electron chi connectivity index (χ0n) is 16.8. The van der Waals surface area contributed by atoms with Crippen LogP contribution in [0.5, 0.6) is 0 Å². The van der Waals surface area contributed by atoms with Crippen LogP contribution in [0.2, 0.25) is 0 Å². The summed E-state index contributed by atoms with van der Waals surface area (Å²) in [6, 6.07) is 0. The number of pyridine rings is 1. The van der Waals surface area contributed by atoms with Crippen LogP contribution >= 0.6 is 0 Å². The molecule has 0 bridgehead atoms. The smallest absolute Gasteiger partial charge is 0.209 e. The molecule has 0 aromatic carbocycles. The molecule has 3 N–H and O–H groups in total. The highest BCUT2D eigenvalue weighted by atomic mass is 32.2. The second kappa shape index (κ2) is 7.39. The molecule has 7 nitrogen and oxygen atoms in total.